The first-order valence-electron chi connectivity index (χ1n) is 5.42. The van der Waals surface area contributed by atoms with Crippen LogP contribution in [0.1, 0.15) is 34.0 Å². The Hall–Kier alpha value is -0.910. The zero-order valence-electron chi connectivity index (χ0n) is 10.6. The number of aromatic carboxylic acids is 1. The fourth-order valence-electron chi connectivity index (χ4n) is 1.79. The summed E-state index contributed by atoms with van der Waals surface area (Å²) in [5.41, 5.74) is 0.271. The Bertz CT molecular complexity index is 406. The number of rotatable bonds is 5. The number of aryl methyl sites for hydroxylation is 1. The van der Waals surface area contributed by atoms with Crippen LogP contribution in [0.25, 0.3) is 0 Å². The van der Waals surface area contributed by atoms with Crippen LogP contribution in [0.3, 0.4) is 0 Å². The van der Waals surface area contributed by atoms with Crippen LogP contribution in [0.4, 0.5) is 0 Å². The Labute approximate surface area is 106 Å². The average molecular weight is 257 g/mol. The molecule has 0 aromatic carbocycles. The predicted molar refractivity (Wildman–Crippen MR) is 68.6 cm³/mol. The van der Waals surface area contributed by atoms with Crippen LogP contribution < -0.4 is 0 Å². The second-order valence-electron chi connectivity index (χ2n) is 4.98. The maximum absolute atomic E-state index is 10.8. The number of likely N-dealkylation sites (N-methyl/N-ethyl adjacent to an activating group) is 1. The van der Waals surface area contributed by atoms with Crippen LogP contribution in [-0.2, 0) is 6.54 Å². The van der Waals surface area contributed by atoms with Gasteiger partial charge in [-0.05, 0) is 39.4 Å². The van der Waals surface area contributed by atoms with Gasteiger partial charge in [0, 0.05) is 18.0 Å². The van der Waals surface area contributed by atoms with E-state index in [1.807, 2.05) is 18.9 Å². The summed E-state index contributed by atoms with van der Waals surface area (Å²) >= 11 is 1.29. The molecule has 0 unspecified atom stereocenters. The molecule has 2 N–H and O–H groups in total. The Morgan fingerprint density at radius 3 is 2.53 bits per heavy atom. The standard InChI is InChI=1S/C12H19NO3S/c1-8-9(5-10(17-8)11(14)15)6-13(4)7-12(2,3)16/h5,16H,6-7H2,1-4H3,(H,14,15). The van der Waals surface area contributed by atoms with Crippen LogP contribution in [0, 0.1) is 6.92 Å². The van der Waals surface area contributed by atoms with Crippen LogP contribution >= 0.6 is 11.3 Å². The van der Waals surface area contributed by atoms with Crippen molar-refractivity contribution in [1.29, 1.82) is 0 Å². The molecule has 0 saturated carbocycles. The molecule has 1 heterocycles. The highest BCUT2D eigenvalue weighted by atomic mass is 32.1. The molecule has 0 radical (unpaired) electrons. The van der Waals surface area contributed by atoms with Gasteiger partial charge in [0.15, 0.2) is 0 Å². The maximum atomic E-state index is 10.8. The fourth-order valence-corrected chi connectivity index (χ4v) is 2.66. The van der Waals surface area contributed by atoms with Gasteiger partial charge in [-0.15, -0.1) is 11.3 Å². The van der Waals surface area contributed by atoms with E-state index in [0.717, 1.165) is 10.4 Å². The summed E-state index contributed by atoms with van der Waals surface area (Å²) in [6, 6.07) is 1.71. The van der Waals surface area contributed by atoms with Crippen molar-refractivity contribution in [2.24, 2.45) is 0 Å². The molecule has 0 aliphatic rings. The summed E-state index contributed by atoms with van der Waals surface area (Å²) in [5, 5.41) is 18.6. The molecule has 0 atom stereocenters. The molecule has 0 aliphatic heterocycles. The SMILES string of the molecule is Cc1sc(C(=O)O)cc1CN(C)CC(C)(C)O. The van der Waals surface area contributed by atoms with Gasteiger partial charge in [-0.25, -0.2) is 4.79 Å². The van der Waals surface area contributed by atoms with E-state index in [9.17, 15) is 9.90 Å². The molecule has 0 bridgehead atoms. The van der Waals surface area contributed by atoms with Gasteiger partial charge in [0.25, 0.3) is 0 Å². The summed E-state index contributed by atoms with van der Waals surface area (Å²) in [4.78, 5) is 14.2. The van der Waals surface area contributed by atoms with E-state index in [-0.39, 0.29) is 0 Å². The number of carboxylic acid groups (broad SMARTS) is 1. The third-order valence-electron chi connectivity index (χ3n) is 2.33. The van der Waals surface area contributed by atoms with Crippen molar-refractivity contribution in [2.75, 3.05) is 13.6 Å². The lowest BCUT2D eigenvalue weighted by molar-refractivity contribution is 0.0424. The summed E-state index contributed by atoms with van der Waals surface area (Å²) in [6.07, 6.45) is 0. The lowest BCUT2D eigenvalue weighted by Crippen LogP contribution is -2.35. The molecule has 17 heavy (non-hydrogen) atoms. The molecule has 5 heteroatoms. The molecule has 0 amide bonds. The topological polar surface area (TPSA) is 60.8 Å². The molecule has 0 aliphatic carbocycles. The normalized spacial score (nSPS) is 12.1. The monoisotopic (exact) mass is 257 g/mol. The molecular weight excluding hydrogens is 238 g/mol. The zero-order chi connectivity index (χ0) is 13.2. The molecule has 96 valence electrons. The first-order valence-corrected chi connectivity index (χ1v) is 6.24. The van der Waals surface area contributed by atoms with Crippen LogP contribution in [-0.4, -0.2) is 40.3 Å². The van der Waals surface area contributed by atoms with Crippen molar-refractivity contribution in [3.05, 3.63) is 21.4 Å². The highest BCUT2D eigenvalue weighted by Crippen LogP contribution is 2.23. The van der Waals surface area contributed by atoms with Gasteiger partial charge in [-0.3, -0.25) is 4.90 Å². The molecule has 0 spiro atoms. The van der Waals surface area contributed by atoms with Gasteiger partial charge >= 0.3 is 5.97 Å². The highest BCUT2D eigenvalue weighted by molar-refractivity contribution is 7.14. The van der Waals surface area contributed by atoms with E-state index in [2.05, 4.69) is 0 Å². The van der Waals surface area contributed by atoms with E-state index >= 15 is 0 Å². The van der Waals surface area contributed by atoms with Crippen molar-refractivity contribution >= 4 is 17.3 Å². The quantitative estimate of drug-likeness (QED) is 0.846. The third kappa shape index (κ3) is 4.46. The number of thiophene rings is 1. The molecular formula is C12H19NO3S. The molecule has 0 fully saturated rings. The Balaban J connectivity index is 2.71. The second-order valence-corrected chi connectivity index (χ2v) is 6.24. The Morgan fingerprint density at radius 1 is 1.53 bits per heavy atom. The molecule has 1 aromatic heterocycles. The number of hydrogen-bond acceptors (Lipinski definition) is 4. The van der Waals surface area contributed by atoms with Gasteiger partial charge in [0.05, 0.1) is 5.60 Å². The van der Waals surface area contributed by atoms with Gasteiger partial charge in [0.1, 0.15) is 4.88 Å². The largest absolute Gasteiger partial charge is 0.477 e. The van der Waals surface area contributed by atoms with Crippen LogP contribution in [0.2, 0.25) is 0 Å². The smallest absolute Gasteiger partial charge is 0.345 e. The van der Waals surface area contributed by atoms with Crippen LogP contribution in [0.5, 0.6) is 0 Å². The van der Waals surface area contributed by atoms with Gasteiger partial charge in [0.2, 0.25) is 0 Å². The third-order valence-corrected chi connectivity index (χ3v) is 3.41. The van der Waals surface area contributed by atoms with Gasteiger partial charge in [-0.2, -0.15) is 0 Å². The van der Waals surface area contributed by atoms with E-state index in [4.69, 9.17) is 5.11 Å². The number of carboxylic acids is 1. The summed E-state index contributed by atoms with van der Waals surface area (Å²) in [6.45, 7) is 6.63. The number of hydrogen-bond donors (Lipinski definition) is 2. The minimum Gasteiger partial charge on any atom is -0.477 e. The molecule has 1 rings (SSSR count). The maximum Gasteiger partial charge on any atom is 0.345 e. The molecule has 0 saturated heterocycles. The minimum absolute atomic E-state index is 0.370. The Morgan fingerprint density at radius 2 is 2.12 bits per heavy atom. The lowest BCUT2D eigenvalue weighted by Gasteiger charge is -2.25. The van der Waals surface area contributed by atoms with E-state index in [1.165, 1.54) is 11.3 Å². The van der Waals surface area contributed by atoms with Gasteiger partial charge in [-0.1, -0.05) is 0 Å². The van der Waals surface area contributed by atoms with E-state index in [0.29, 0.717) is 18.0 Å². The van der Waals surface area contributed by atoms with Crippen molar-refractivity contribution in [1.82, 2.24) is 4.90 Å². The van der Waals surface area contributed by atoms with Crippen molar-refractivity contribution in [2.45, 2.75) is 32.9 Å². The zero-order valence-corrected chi connectivity index (χ0v) is 11.5. The van der Waals surface area contributed by atoms with Crippen LogP contribution in [0.15, 0.2) is 6.07 Å². The Kier molecular flexibility index (Phi) is 4.30. The van der Waals surface area contributed by atoms with E-state index in [1.54, 1.807) is 19.9 Å². The number of aliphatic hydroxyl groups is 1. The van der Waals surface area contributed by atoms with E-state index < -0.39 is 11.6 Å². The van der Waals surface area contributed by atoms with Crippen molar-refractivity contribution < 1.29 is 15.0 Å². The minimum atomic E-state index is -0.880. The average Bonchev–Trinajstić information content (AvgIpc) is 2.44. The summed E-state index contributed by atoms with van der Waals surface area (Å²) in [5.74, 6) is -0.880. The van der Waals surface area contributed by atoms with Crippen molar-refractivity contribution in [3.63, 3.8) is 0 Å². The second kappa shape index (κ2) is 5.16. The van der Waals surface area contributed by atoms with Gasteiger partial charge < -0.3 is 10.2 Å². The summed E-state index contributed by atoms with van der Waals surface area (Å²) in [7, 11) is 1.91. The molecule has 1 aromatic rings. The molecule has 4 nitrogen and oxygen atoms in total. The highest BCUT2D eigenvalue weighted by Gasteiger charge is 2.17. The first-order chi connectivity index (χ1) is 7.69. The first kappa shape index (κ1) is 14.2. The lowest BCUT2D eigenvalue weighted by atomic mass is 10.1. The summed E-state index contributed by atoms with van der Waals surface area (Å²) < 4.78 is 0. The number of nitrogens with zero attached hydrogens (tertiary/aromatic N) is 1. The predicted octanol–water partition coefficient (Wildman–Crippen LogP) is 1.96. The van der Waals surface area contributed by atoms with Crippen molar-refractivity contribution in [3.8, 4) is 0 Å². The fraction of sp³-hybridized carbons (Fsp3) is 0.583. The number of carbonyl (C=O) groups is 1.